The second kappa shape index (κ2) is 10.7. The number of aromatic hydroxyl groups is 3. The third kappa shape index (κ3) is 6.54. The maximum absolute atomic E-state index is 12.0. The van der Waals surface area contributed by atoms with E-state index in [2.05, 4.69) is 10.1 Å². The van der Waals surface area contributed by atoms with Crippen LogP contribution in [0.3, 0.4) is 0 Å². The van der Waals surface area contributed by atoms with E-state index in [1.54, 1.807) is 18.2 Å². The summed E-state index contributed by atoms with van der Waals surface area (Å²) in [6, 6.07) is 9.11. The number of ether oxygens (including phenoxy) is 1. The molecule has 4 N–H and O–H groups in total. The minimum Gasteiger partial charge on any atom is -0.504 e. The largest absolute Gasteiger partial charge is 0.504 e. The van der Waals surface area contributed by atoms with Gasteiger partial charge >= 0.3 is 5.97 Å². The molecular weight excluding hydrogens is 350 g/mol. The fourth-order valence-corrected chi connectivity index (χ4v) is 2.32. The molecule has 0 saturated carbocycles. The maximum Gasteiger partial charge on any atom is 0.337 e. The molecule has 7 nitrogen and oxygen atoms in total. The van der Waals surface area contributed by atoms with Gasteiger partial charge in [-0.3, -0.25) is 4.79 Å². The highest BCUT2D eigenvalue weighted by Gasteiger charge is 2.10. The lowest BCUT2D eigenvalue weighted by Gasteiger charge is -2.08. The highest BCUT2D eigenvalue weighted by atomic mass is 16.5. The molecule has 0 radical (unpaired) electrons. The van der Waals surface area contributed by atoms with Gasteiger partial charge in [-0.2, -0.15) is 0 Å². The number of methoxy groups -OCH3 is 1. The van der Waals surface area contributed by atoms with Crippen LogP contribution in [0.4, 0.5) is 5.69 Å². The van der Waals surface area contributed by atoms with Gasteiger partial charge in [-0.25, -0.2) is 4.79 Å². The van der Waals surface area contributed by atoms with Crippen LogP contribution in [0.1, 0.15) is 42.6 Å². The predicted octanol–water partition coefficient (Wildman–Crippen LogP) is 3.58. The van der Waals surface area contributed by atoms with Crippen molar-refractivity contribution in [2.45, 2.75) is 33.1 Å². The topological polar surface area (TPSA) is 116 Å². The van der Waals surface area contributed by atoms with Crippen molar-refractivity contribution < 1.29 is 29.6 Å². The Labute approximate surface area is 158 Å². The van der Waals surface area contributed by atoms with Crippen LogP contribution in [0.2, 0.25) is 0 Å². The molecule has 2 aromatic carbocycles. The molecule has 0 aromatic heterocycles. The molecule has 0 fully saturated rings. The van der Waals surface area contributed by atoms with E-state index in [0.29, 0.717) is 29.7 Å². The molecule has 0 unspecified atom stereocenters. The summed E-state index contributed by atoms with van der Waals surface area (Å²) in [6.07, 6.45) is 1.13. The molecule has 27 heavy (non-hydrogen) atoms. The Kier molecular flexibility index (Phi) is 8.65. The monoisotopic (exact) mass is 375 g/mol. The Morgan fingerprint density at radius 3 is 2.26 bits per heavy atom. The van der Waals surface area contributed by atoms with Crippen LogP contribution < -0.4 is 5.32 Å². The minimum absolute atomic E-state index is 0.213. The van der Waals surface area contributed by atoms with Crippen LogP contribution in [0.5, 0.6) is 17.2 Å². The van der Waals surface area contributed by atoms with Crippen LogP contribution in [0.25, 0.3) is 0 Å². The van der Waals surface area contributed by atoms with Gasteiger partial charge in [0, 0.05) is 12.1 Å². The Morgan fingerprint density at radius 2 is 1.67 bits per heavy atom. The summed E-state index contributed by atoms with van der Waals surface area (Å²) in [5.74, 6) is -2.08. The number of aryl methyl sites for hydroxylation is 1. The zero-order valence-corrected chi connectivity index (χ0v) is 15.7. The summed E-state index contributed by atoms with van der Waals surface area (Å²) in [5, 5.41) is 30.9. The van der Waals surface area contributed by atoms with Crippen molar-refractivity contribution in [2.75, 3.05) is 12.4 Å². The first kappa shape index (κ1) is 21.8. The van der Waals surface area contributed by atoms with Gasteiger partial charge in [-0.1, -0.05) is 19.9 Å². The van der Waals surface area contributed by atoms with Crippen LogP contribution in [-0.2, 0) is 16.0 Å². The first-order chi connectivity index (χ1) is 12.9. The zero-order valence-electron chi connectivity index (χ0n) is 15.7. The Morgan fingerprint density at radius 1 is 1.04 bits per heavy atom. The van der Waals surface area contributed by atoms with Crippen molar-refractivity contribution in [3.63, 3.8) is 0 Å². The molecule has 0 atom stereocenters. The highest BCUT2D eigenvalue weighted by Crippen LogP contribution is 2.35. The van der Waals surface area contributed by atoms with Gasteiger partial charge in [0.1, 0.15) is 0 Å². The summed E-state index contributed by atoms with van der Waals surface area (Å²) < 4.78 is 4.63. The van der Waals surface area contributed by atoms with E-state index in [0.717, 1.165) is 0 Å². The molecule has 7 heteroatoms. The first-order valence-electron chi connectivity index (χ1n) is 8.62. The molecule has 0 aliphatic heterocycles. The maximum atomic E-state index is 12.0. The molecule has 0 saturated heterocycles. The van der Waals surface area contributed by atoms with Crippen LogP contribution in [-0.4, -0.2) is 34.3 Å². The molecule has 0 spiro atoms. The highest BCUT2D eigenvalue weighted by molar-refractivity contribution is 5.94. The molecule has 0 heterocycles. The molecule has 146 valence electrons. The molecule has 2 rings (SSSR count). The van der Waals surface area contributed by atoms with E-state index >= 15 is 0 Å². The van der Waals surface area contributed by atoms with E-state index in [-0.39, 0.29) is 12.3 Å². The van der Waals surface area contributed by atoms with Gasteiger partial charge in [0.2, 0.25) is 5.91 Å². The van der Waals surface area contributed by atoms with Gasteiger partial charge in [-0.15, -0.1) is 0 Å². The number of phenolic OH excluding ortho intramolecular Hbond substituents is 3. The zero-order chi connectivity index (χ0) is 20.4. The summed E-state index contributed by atoms with van der Waals surface area (Å²) >= 11 is 0. The molecule has 2 aromatic rings. The summed E-state index contributed by atoms with van der Waals surface area (Å²) in [5.41, 5.74) is 1.44. The number of rotatable bonds is 6. The lowest BCUT2D eigenvalue weighted by atomic mass is 10.1. The molecule has 1 amide bonds. The van der Waals surface area contributed by atoms with E-state index < -0.39 is 23.2 Å². The SMILES string of the molecule is CC.COC(=O)c1cccc(NC(=O)CCCc2cc(O)c(O)c(O)c2)c1. The fraction of sp³-hybridized carbons (Fsp3) is 0.300. The van der Waals surface area contributed by atoms with Crippen LogP contribution in [0, 0.1) is 0 Å². The van der Waals surface area contributed by atoms with E-state index in [4.69, 9.17) is 0 Å². The van der Waals surface area contributed by atoms with E-state index in [1.807, 2.05) is 13.8 Å². The van der Waals surface area contributed by atoms with Gasteiger partial charge in [0.15, 0.2) is 17.2 Å². The quantitative estimate of drug-likeness (QED) is 0.453. The van der Waals surface area contributed by atoms with Gasteiger partial charge in [0.25, 0.3) is 0 Å². The lowest BCUT2D eigenvalue weighted by molar-refractivity contribution is -0.116. The third-order valence-electron chi connectivity index (χ3n) is 3.57. The molecule has 0 aliphatic rings. The van der Waals surface area contributed by atoms with Gasteiger partial charge in [-0.05, 0) is 48.7 Å². The second-order valence-corrected chi connectivity index (χ2v) is 5.46. The Hall–Kier alpha value is -3.22. The lowest BCUT2D eigenvalue weighted by Crippen LogP contribution is -2.12. The second-order valence-electron chi connectivity index (χ2n) is 5.46. The normalized spacial score (nSPS) is 9.74. The summed E-state index contributed by atoms with van der Waals surface area (Å²) in [4.78, 5) is 23.4. The number of hydrogen-bond donors (Lipinski definition) is 4. The third-order valence-corrected chi connectivity index (χ3v) is 3.57. The number of phenols is 3. The first-order valence-corrected chi connectivity index (χ1v) is 8.62. The van der Waals surface area contributed by atoms with Crippen LogP contribution in [0.15, 0.2) is 36.4 Å². The fourth-order valence-electron chi connectivity index (χ4n) is 2.32. The number of amides is 1. The van der Waals surface area contributed by atoms with Crippen molar-refractivity contribution in [1.82, 2.24) is 0 Å². The van der Waals surface area contributed by atoms with Crippen molar-refractivity contribution in [3.05, 3.63) is 47.5 Å². The van der Waals surface area contributed by atoms with Crippen molar-refractivity contribution >= 4 is 17.6 Å². The Balaban J connectivity index is 0.00000176. The van der Waals surface area contributed by atoms with E-state index in [9.17, 15) is 24.9 Å². The van der Waals surface area contributed by atoms with Crippen LogP contribution >= 0.6 is 0 Å². The standard InChI is InChI=1S/C18H19NO6.C2H6/c1-25-18(24)12-5-3-6-13(10-12)19-16(22)7-2-4-11-8-14(20)17(23)15(21)9-11;1-2/h3,5-6,8-10,20-21,23H,2,4,7H2,1H3,(H,19,22);1-2H3. The van der Waals surface area contributed by atoms with Crippen molar-refractivity contribution in [1.29, 1.82) is 0 Å². The van der Waals surface area contributed by atoms with Crippen molar-refractivity contribution in [2.24, 2.45) is 0 Å². The minimum atomic E-state index is -0.563. The number of carbonyl (C=O) groups excluding carboxylic acids is 2. The smallest absolute Gasteiger partial charge is 0.337 e. The molecule has 0 bridgehead atoms. The summed E-state index contributed by atoms with van der Waals surface area (Å²) in [7, 11) is 1.28. The number of carbonyl (C=O) groups is 2. The number of esters is 1. The predicted molar refractivity (Wildman–Crippen MR) is 102 cm³/mol. The van der Waals surface area contributed by atoms with Crippen molar-refractivity contribution in [3.8, 4) is 17.2 Å². The summed E-state index contributed by atoms with van der Waals surface area (Å²) in [6.45, 7) is 4.00. The molecular formula is C20H25NO6. The Bertz CT molecular complexity index is 765. The molecule has 0 aliphatic carbocycles. The van der Waals surface area contributed by atoms with Gasteiger partial charge < -0.3 is 25.4 Å². The number of anilines is 1. The number of nitrogens with one attached hydrogen (secondary N) is 1. The number of benzene rings is 2. The van der Waals surface area contributed by atoms with E-state index in [1.165, 1.54) is 25.3 Å². The number of hydrogen-bond acceptors (Lipinski definition) is 6. The average molecular weight is 375 g/mol. The average Bonchev–Trinajstić information content (AvgIpc) is 2.67. The van der Waals surface area contributed by atoms with Gasteiger partial charge in [0.05, 0.1) is 12.7 Å².